The summed E-state index contributed by atoms with van der Waals surface area (Å²) in [6.07, 6.45) is -2.54. The van der Waals surface area contributed by atoms with Gasteiger partial charge in [0.15, 0.2) is 17.6 Å². The first-order valence-electron chi connectivity index (χ1n) is 21.4. The Hall–Kier alpha value is -8.01. The molecule has 0 bridgehead atoms. The molecule has 0 aromatic heterocycles. The third-order valence-corrected chi connectivity index (χ3v) is 12.7. The van der Waals surface area contributed by atoms with Crippen LogP contribution < -0.4 is 0 Å². The zero-order valence-corrected chi connectivity index (χ0v) is 36.3. The number of thioether (sulfide) groups is 1. The van der Waals surface area contributed by atoms with Crippen molar-refractivity contribution in [2.24, 2.45) is 0 Å². The third kappa shape index (κ3) is 10.2. The number of esters is 4. The summed E-state index contributed by atoms with van der Waals surface area (Å²) in [6.45, 7) is -0.269. The number of hydrogen-bond donors (Lipinski definition) is 0. The van der Waals surface area contributed by atoms with E-state index in [0.717, 1.165) is 56.3 Å². The summed E-state index contributed by atoms with van der Waals surface area (Å²) in [5.74, 6) is -2.72. The Labute approximate surface area is 386 Å². The van der Waals surface area contributed by atoms with Gasteiger partial charge in [0.25, 0.3) is 0 Å². The Morgan fingerprint density at radius 2 is 0.591 bits per heavy atom. The Balaban J connectivity index is 1.00. The Morgan fingerprint density at radius 3 is 0.924 bits per heavy atom. The second-order valence-corrected chi connectivity index (χ2v) is 16.9. The van der Waals surface area contributed by atoms with Crippen molar-refractivity contribution in [1.29, 1.82) is 0 Å². The van der Waals surface area contributed by atoms with Gasteiger partial charge in [-0.3, -0.25) is 0 Å². The zero-order valence-electron chi connectivity index (χ0n) is 35.5. The molecule has 8 nitrogen and oxygen atoms in total. The molecule has 66 heavy (non-hydrogen) atoms. The van der Waals surface area contributed by atoms with Crippen LogP contribution in [-0.2, 0) is 18.9 Å². The van der Waals surface area contributed by atoms with Crippen molar-refractivity contribution >= 4 is 35.6 Å². The maximum atomic E-state index is 14.1. The number of hydrogen-bond acceptors (Lipinski definition) is 9. The number of carbonyl (C=O) groups is 4. The molecule has 0 N–H and O–H groups in total. The molecule has 324 valence electrons. The zero-order chi connectivity index (χ0) is 45.2. The molecule has 9 heteroatoms. The largest absolute Gasteiger partial charge is 0.461 e. The maximum absolute atomic E-state index is 14.1. The van der Waals surface area contributed by atoms with Crippen molar-refractivity contribution < 1.29 is 38.1 Å². The van der Waals surface area contributed by atoms with Gasteiger partial charge in [0.05, 0.1) is 27.5 Å². The van der Waals surface area contributed by atoms with Crippen molar-refractivity contribution in [3.8, 4) is 44.5 Å². The van der Waals surface area contributed by atoms with Gasteiger partial charge in [-0.15, -0.1) is 11.8 Å². The fourth-order valence-corrected chi connectivity index (χ4v) is 9.07. The fraction of sp³-hybridized carbons (Fsp3) is 0.0877. The van der Waals surface area contributed by atoms with Crippen LogP contribution in [0.2, 0.25) is 0 Å². The molecule has 0 spiro atoms. The summed E-state index contributed by atoms with van der Waals surface area (Å²) in [4.78, 5) is 55.7. The first-order valence-corrected chi connectivity index (χ1v) is 22.4. The summed E-state index contributed by atoms with van der Waals surface area (Å²) < 4.78 is 24.5. The lowest BCUT2D eigenvalue weighted by atomic mass is 10.0. The van der Waals surface area contributed by atoms with Crippen molar-refractivity contribution in [3.63, 3.8) is 0 Å². The van der Waals surface area contributed by atoms with Gasteiger partial charge in [-0.05, 0) is 93.0 Å². The van der Waals surface area contributed by atoms with E-state index < -0.39 is 46.8 Å². The van der Waals surface area contributed by atoms with Crippen LogP contribution in [0.25, 0.3) is 44.5 Å². The normalized spacial score (nSPS) is 16.4. The van der Waals surface area contributed by atoms with Crippen molar-refractivity contribution in [2.45, 2.75) is 22.9 Å². The van der Waals surface area contributed by atoms with Crippen LogP contribution >= 0.6 is 11.8 Å². The molecule has 1 aliphatic rings. The van der Waals surface area contributed by atoms with E-state index in [1.54, 1.807) is 48.5 Å². The second-order valence-electron chi connectivity index (χ2n) is 15.6. The minimum absolute atomic E-state index is 0.233. The topological polar surface area (TPSA) is 105 Å². The van der Waals surface area contributed by atoms with Crippen molar-refractivity contribution in [1.82, 2.24) is 0 Å². The predicted octanol–water partition coefficient (Wildman–Crippen LogP) is 12.3. The van der Waals surface area contributed by atoms with Crippen molar-refractivity contribution in [3.05, 3.63) is 241 Å². The van der Waals surface area contributed by atoms with E-state index >= 15 is 0 Å². The number of benzene rings is 8. The molecule has 4 atom stereocenters. The Bertz CT molecular complexity index is 2910. The minimum atomic E-state index is -1.31. The second kappa shape index (κ2) is 20.2. The third-order valence-electron chi connectivity index (χ3n) is 11.3. The summed E-state index contributed by atoms with van der Waals surface area (Å²) in [7, 11) is 0. The highest BCUT2D eigenvalue weighted by molar-refractivity contribution is 8.00. The van der Waals surface area contributed by atoms with Gasteiger partial charge < -0.3 is 18.9 Å². The quantitative estimate of drug-likeness (QED) is 0.0826. The molecular formula is C57H42O8S. The molecule has 1 heterocycles. The molecule has 0 saturated carbocycles. The maximum Gasteiger partial charge on any atom is 0.339 e. The smallest absolute Gasteiger partial charge is 0.339 e. The molecule has 8 aromatic carbocycles. The van der Waals surface area contributed by atoms with Crippen LogP contribution in [0.3, 0.4) is 0 Å². The summed E-state index contributed by atoms with van der Waals surface area (Å²) >= 11 is 1.09. The molecule has 0 aliphatic carbocycles. The van der Waals surface area contributed by atoms with Crippen LogP contribution in [0, 0.1) is 0 Å². The van der Waals surface area contributed by atoms with Gasteiger partial charge in [-0.1, -0.05) is 170 Å². The number of rotatable bonds is 13. The van der Waals surface area contributed by atoms with Crippen LogP contribution in [0.15, 0.2) is 218 Å². The van der Waals surface area contributed by atoms with Gasteiger partial charge in [0, 0.05) is 0 Å². The molecule has 1 unspecified atom stereocenters. The highest BCUT2D eigenvalue weighted by Gasteiger charge is 2.52. The molecule has 1 aliphatic heterocycles. The van der Waals surface area contributed by atoms with E-state index in [1.807, 2.05) is 170 Å². The van der Waals surface area contributed by atoms with E-state index in [-0.39, 0.29) is 23.3 Å². The van der Waals surface area contributed by atoms with Crippen molar-refractivity contribution in [2.75, 3.05) is 6.61 Å². The monoisotopic (exact) mass is 886 g/mol. The first-order chi connectivity index (χ1) is 32.4. The van der Waals surface area contributed by atoms with Gasteiger partial charge >= 0.3 is 23.9 Å². The molecule has 9 rings (SSSR count). The molecule has 1 saturated heterocycles. The molecule has 0 radical (unpaired) electrons. The van der Waals surface area contributed by atoms with E-state index in [4.69, 9.17) is 18.9 Å². The average Bonchev–Trinajstić information content (AvgIpc) is 3.70. The van der Waals surface area contributed by atoms with Crippen LogP contribution in [-0.4, -0.2) is 53.4 Å². The van der Waals surface area contributed by atoms with Gasteiger partial charge in [-0.2, -0.15) is 0 Å². The summed E-state index contributed by atoms with van der Waals surface area (Å²) in [6, 6.07) is 67.0. The Morgan fingerprint density at radius 1 is 0.318 bits per heavy atom. The first kappa shape index (κ1) is 43.3. The summed E-state index contributed by atoms with van der Waals surface area (Å²) in [5.41, 5.74) is 7.45. The predicted molar refractivity (Wildman–Crippen MR) is 257 cm³/mol. The molecule has 0 amide bonds. The van der Waals surface area contributed by atoms with Gasteiger partial charge in [0.1, 0.15) is 6.61 Å². The van der Waals surface area contributed by atoms with E-state index in [9.17, 15) is 19.2 Å². The van der Waals surface area contributed by atoms with E-state index in [2.05, 4.69) is 0 Å². The number of ether oxygens (including phenoxy) is 4. The highest BCUT2D eigenvalue weighted by Crippen LogP contribution is 2.41. The number of carbonyl (C=O) groups excluding carboxylic acids is 4. The SMILES string of the molecule is O=C(OC[C@@H]1SC(OC(=O)c2ccc(-c3ccccc3)cc2)[C@@H](OC(=O)c2ccc(-c3ccccc3)cc2)[C@@H]1OC(=O)c1ccc(-c2ccccc2)cc1)c1ccc(-c2ccccc2)cc1. The lowest BCUT2D eigenvalue weighted by Gasteiger charge is -2.25. The van der Waals surface area contributed by atoms with Crippen LogP contribution in [0.5, 0.6) is 0 Å². The van der Waals surface area contributed by atoms with Gasteiger partial charge in [-0.25, -0.2) is 19.2 Å². The lowest BCUT2D eigenvalue weighted by Crippen LogP contribution is -2.42. The van der Waals surface area contributed by atoms with E-state index in [1.165, 1.54) is 0 Å². The molecular weight excluding hydrogens is 845 g/mol. The standard InChI is InChI=1S/C57H42O8S/c58-53(46-29-21-42(22-30-46)38-13-5-1-6-14-38)62-37-50-51(63-54(59)47-31-23-43(24-32-47)39-15-7-2-8-16-39)52(64-55(60)48-33-25-44(26-34-48)40-17-9-3-10-18-40)57(66-50)65-56(61)49-35-27-45(28-36-49)41-19-11-4-12-20-41/h1-36,50-52,57H,37H2/t50-,51+,52-,57?/m0/s1. The fourth-order valence-electron chi connectivity index (χ4n) is 7.70. The molecule has 8 aromatic rings. The van der Waals surface area contributed by atoms with Gasteiger partial charge in [0.2, 0.25) is 0 Å². The van der Waals surface area contributed by atoms with Crippen LogP contribution in [0.4, 0.5) is 0 Å². The Kier molecular flexibility index (Phi) is 13.3. The lowest BCUT2D eigenvalue weighted by molar-refractivity contribution is -0.0607. The van der Waals surface area contributed by atoms with Crippen LogP contribution in [0.1, 0.15) is 41.4 Å². The molecule has 1 fully saturated rings. The average molecular weight is 887 g/mol. The highest BCUT2D eigenvalue weighted by atomic mass is 32.2. The summed E-state index contributed by atoms with van der Waals surface area (Å²) in [5, 5.41) is -0.832. The minimum Gasteiger partial charge on any atom is -0.461 e. The van der Waals surface area contributed by atoms with E-state index in [0.29, 0.717) is 5.56 Å².